The van der Waals surface area contributed by atoms with E-state index in [9.17, 15) is 20.1 Å². The zero-order valence-corrected chi connectivity index (χ0v) is 14.3. The second-order valence-electron chi connectivity index (χ2n) is 6.22. The molecule has 1 aliphatic heterocycles. The van der Waals surface area contributed by atoms with E-state index < -0.39 is 5.92 Å². The molecule has 0 unspecified atom stereocenters. The molecule has 0 amide bonds. The normalized spacial score (nSPS) is 16.3. The van der Waals surface area contributed by atoms with Gasteiger partial charge in [-0.25, -0.2) is 0 Å². The van der Waals surface area contributed by atoms with Crippen molar-refractivity contribution in [3.8, 4) is 28.7 Å². The SMILES string of the molecule is COc1ccc(C[C@H]2COc3c(C)c(O)c(C)c(O)c3C2=O)c(O)c1. The topological polar surface area (TPSA) is 96.2 Å². The average molecular weight is 344 g/mol. The number of fused-ring (bicyclic) bond motifs is 1. The highest BCUT2D eigenvalue weighted by Gasteiger charge is 2.35. The summed E-state index contributed by atoms with van der Waals surface area (Å²) in [6.07, 6.45) is 0.270. The molecule has 0 aromatic heterocycles. The predicted octanol–water partition coefficient (Wildman–Crippen LogP) is 2.86. The number of rotatable bonds is 3. The lowest BCUT2D eigenvalue weighted by atomic mass is 9.86. The molecule has 0 aliphatic carbocycles. The Balaban J connectivity index is 1.95. The number of ether oxygens (including phenoxy) is 2. The lowest BCUT2D eigenvalue weighted by molar-refractivity contribution is 0.0824. The molecular formula is C19H20O6. The van der Waals surface area contributed by atoms with E-state index in [1.807, 2.05) is 0 Å². The van der Waals surface area contributed by atoms with Gasteiger partial charge in [0, 0.05) is 17.2 Å². The molecule has 0 radical (unpaired) electrons. The number of Topliss-reactive ketones (excluding diaryl/α,β-unsaturated/α-hetero) is 1. The first kappa shape index (κ1) is 17.0. The van der Waals surface area contributed by atoms with E-state index in [-0.39, 0.29) is 52.9 Å². The van der Waals surface area contributed by atoms with Crippen molar-refractivity contribution in [2.45, 2.75) is 20.3 Å². The summed E-state index contributed by atoms with van der Waals surface area (Å²) in [5.74, 6) is -0.346. The summed E-state index contributed by atoms with van der Waals surface area (Å²) in [6, 6.07) is 4.90. The minimum Gasteiger partial charge on any atom is -0.508 e. The Morgan fingerprint density at radius 1 is 1.16 bits per heavy atom. The number of methoxy groups -OCH3 is 1. The van der Waals surface area contributed by atoms with E-state index in [1.54, 1.807) is 26.0 Å². The number of phenolic OH excluding ortho intramolecular Hbond substituents is 3. The lowest BCUT2D eigenvalue weighted by Gasteiger charge is -2.27. The Morgan fingerprint density at radius 2 is 1.88 bits per heavy atom. The second kappa shape index (κ2) is 6.20. The number of hydrogen-bond acceptors (Lipinski definition) is 6. The summed E-state index contributed by atoms with van der Waals surface area (Å²) in [6.45, 7) is 3.30. The van der Waals surface area contributed by atoms with Crippen LogP contribution in [0, 0.1) is 19.8 Å². The molecule has 25 heavy (non-hydrogen) atoms. The Morgan fingerprint density at radius 3 is 2.52 bits per heavy atom. The zero-order chi connectivity index (χ0) is 18.3. The van der Waals surface area contributed by atoms with Crippen molar-refractivity contribution in [1.29, 1.82) is 0 Å². The summed E-state index contributed by atoms with van der Waals surface area (Å²) in [5.41, 5.74) is 1.38. The van der Waals surface area contributed by atoms with E-state index in [0.717, 1.165) is 0 Å². The largest absolute Gasteiger partial charge is 0.508 e. The first-order valence-corrected chi connectivity index (χ1v) is 7.93. The molecular weight excluding hydrogens is 324 g/mol. The predicted molar refractivity (Wildman–Crippen MR) is 90.9 cm³/mol. The molecule has 132 valence electrons. The summed E-state index contributed by atoms with van der Waals surface area (Å²) in [5, 5.41) is 30.4. The molecule has 2 aromatic carbocycles. The molecule has 1 heterocycles. The van der Waals surface area contributed by atoms with E-state index in [0.29, 0.717) is 16.9 Å². The van der Waals surface area contributed by atoms with Crippen LogP contribution in [0.1, 0.15) is 27.0 Å². The van der Waals surface area contributed by atoms with Crippen molar-refractivity contribution in [2.75, 3.05) is 13.7 Å². The van der Waals surface area contributed by atoms with Gasteiger partial charge in [0.2, 0.25) is 0 Å². The van der Waals surface area contributed by atoms with Gasteiger partial charge in [-0.15, -0.1) is 0 Å². The van der Waals surface area contributed by atoms with Crippen LogP contribution in [-0.4, -0.2) is 34.8 Å². The maximum atomic E-state index is 12.9. The van der Waals surface area contributed by atoms with Crippen LogP contribution in [0.3, 0.4) is 0 Å². The Kier molecular flexibility index (Phi) is 4.20. The Hall–Kier alpha value is -2.89. The minimum absolute atomic E-state index is 0.0419. The standard InChI is InChI=1S/C19H20O6/c1-9-16(21)10(2)19-15(17(9)22)18(23)12(8-25-19)6-11-4-5-13(24-3)7-14(11)20/h4-5,7,12,20-22H,6,8H2,1-3H3/t12-/m0/s1. The van der Waals surface area contributed by atoms with Crippen LogP contribution >= 0.6 is 0 Å². The van der Waals surface area contributed by atoms with E-state index in [1.165, 1.54) is 13.2 Å². The number of carbonyl (C=O) groups is 1. The molecule has 2 aromatic rings. The summed E-state index contributed by atoms with van der Waals surface area (Å²) >= 11 is 0. The first-order chi connectivity index (χ1) is 11.8. The third kappa shape index (κ3) is 2.73. The summed E-state index contributed by atoms with van der Waals surface area (Å²) in [7, 11) is 1.51. The fourth-order valence-corrected chi connectivity index (χ4v) is 3.12. The number of carbonyl (C=O) groups excluding carboxylic acids is 1. The minimum atomic E-state index is -0.541. The van der Waals surface area contributed by atoms with Crippen LogP contribution < -0.4 is 9.47 Å². The maximum absolute atomic E-state index is 12.9. The van der Waals surface area contributed by atoms with Gasteiger partial charge in [-0.1, -0.05) is 6.07 Å². The highest BCUT2D eigenvalue weighted by atomic mass is 16.5. The van der Waals surface area contributed by atoms with E-state index in [2.05, 4.69) is 0 Å². The molecule has 6 heteroatoms. The van der Waals surface area contributed by atoms with Crippen molar-refractivity contribution < 1.29 is 29.6 Å². The van der Waals surface area contributed by atoms with Gasteiger partial charge in [0.05, 0.1) is 19.6 Å². The quantitative estimate of drug-likeness (QED) is 0.792. The first-order valence-electron chi connectivity index (χ1n) is 7.93. The fourth-order valence-electron chi connectivity index (χ4n) is 3.12. The zero-order valence-electron chi connectivity index (χ0n) is 14.3. The molecule has 3 rings (SSSR count). The number of benzene rings is 2. The molecule has 1 atom stereocenters. The Bertz CT molecular complexity index is 856. The van der Waals surface area contributed by atoms with E-state index >= 15 is 0 Å². The fraction of sp³-hybridized carbons (Fsp3) is 0.316. The number of ketones is 1. The smallest absolute Gasteiger partial charge is 0.177 e. The Labute approximate surface area is 145 Å². The van der Waals surface area contributed by atoms with Crippen LogP contribution in [0.25, 0.3) is 0 Å². The van der Waals surface area contributed by atoms with Crippen LogP contribution in [0.2, 0.25) is 0 Å². The molecule has 3 N–H and O–H groups in total. The molecule has 0 spiro atoms. The van der Waals surface area contributed by atoms with Crippen molar-refractivity contribution in [2.24, 2.45) is 5.92 Å². The third-order valence-electron chi connectivity index (χ3n) is 4.67. The van der Waals surface area contributed by atoms with Gasteiger partial charge in [0.1, 0.15) is 34.3 Å². The molecule has 1 aliphatic rings. The average Bonchev–Trinajstić information content (AvgIpc) is 2.61. The molecule has 0 saturated heterocycles. The van der Waals surface area contributed by atoms with Gasteiger partial charge in [0.25, 0.3) is 0 Å². The van der Waals surface area contributed by atoms with Crippen molar-refractivity contribution in [3.05, 3.63) is 40.5 Å². The van der Waals surface area contributed by atoms with Gasteiger partial charge in [0.15, 0.2) is 5.78 Å². The van der Waals surface area contributed by atoms with Crippen molar-refractivity contribution in [1.82, 2.24) is 0 Å². The van der Waals surface area contributed by atoms with E-state index in [4.69, 9.17) is 9.47 Å². The maximum Gasteiger partial charge on any atom is 0.177 e. The van der Waals surface area contributed by atoms with Gasteiger partial charge < -0.3 is 24.8 Å². The van der Waals surface area contributed by atoms with Crippen LogP contribution in [0.5, 0.6) is 28.7 Å². The molecule has 0 saturated carbocycles. The van der Waals surface area contributed by atoms with Gasteiger partial charge >= 0.3 is 0 Å². The second-order valence-corrected chi connectivity index (χ2v) is 6.22. The van der Waals surface area contributed by atoms with Crippen LogP contribution in [0.15, 0.2) is 18.2 Å². The lowest BCUT2D eigenvalue weighted by Crippen LogP contribution is -2.30. The third-order valence-corrected chi connectivity index (χ3v) is 4.67. The highest BCUT2D eigenvalue weighted by molar-refractivity contribution is 6.05. The molecule has 0 fully saturated rings. The van der Waals surface area contributed by atoms with Gasteiger partial charge in [-0.05, 0) is 31.9 Å². The van der Waals surface area contributed by atoms with Crippen molar-refractivity contribution >= 4 is 5.78 Å². The van der Waals surface area contributed by atoms with Gasteiger partial charge in [-0.3, -0.25) is 4.79 Å². The van der Waals surface area contributed by atoms with Gasteiger partial charge in [-0.2, -0.15) is 0 Å². The summed E-state index contributed by atoms with van der Waals surface area (Å²) in [4.78, 5) is 12.9. The summed E-state index contributed by atoms with van der Waals surface area (Å²) < 4.78 is 10.7. The van der Waals surface area contributed by atoms with Crippen LogP contribution in [-0.2, 0) is 6.42 Å². The van der Waals surface area contributed by atoms with Crippen LogP contribution in [0.4, 0.5) is 0 Å². The highest BCUT2D eigenvalue weighted by Crippen LogP contribution is 2.45. The monoisotopic (exact) mass is 344 g/mol. The number of hydrogen-bond donors (Lipinski definition) is 3. The molecule has 6 nitrogen and oxygen atoms in total. The number of aromatic hydroxyl groups is 3. The van der Waals surface area contributed by atoms with Crippen molar-refractivity contribution in [3.63, 3.8) is 0 Å². The molecule has 0 bridgehead atoms. The number of phenols is 3.